The van der Waals surface area contributed by atoms with Gasteiger partial charge in [0.1, 0.15) is 6.61 Å². The number of benzene rings is 2. The summed E-state index contributed by atoms with van der Waals surface area (Å²) in [4.78, 5) is 36.5. The third-order valence-corrected chi connectivity index (χ3v) is 7.53. The van der Waals surface area contributed by atoms with Gasteiger partial charge in [-0.05, 0) is 47.4 Å². The molecule has 2 aromatic rings. The molecule has 178 valence electrons. The fourth-order valence-corrected chi connectivity index (χ4v) is 5.55. The van der Waals surface area contributed by atoms with Gasteiger partial charge in [-0.1, -0.05) is 61.4 Å². The van der Waals surface area contributed by atoms with Crippen molar-refractivity contribution in [3.05, 3.63) is 59.7 Å². The Hall–Kier alpha value is -3.35. The Morgan fingerprint density at radius 3 is 2.21 bits per heavy atom. The number of hydrogen-bond donors (Lipinski definition) is 3. The number of hydrogen-bond acceptors (Lipinski definition) is 4. The summed E-state index contributed by atoms with van der Waals surface area (Å²) in [7, 11) is 0. The molecule has 0 bridgehead atoms. The predicted octanol–water partition coefficient (Wildman–Crippen LogP) is 3.92. The van der Waals surface area contributed by atoms with E-state index in [1.807, 2.05) is 24.3 Å². The molecule has 0 aromatic heterocycles. The first-order valence-electron chi connectivity index (χ1n) is 12.1. The molecule has 0 heterocycles. The van der Waals surface area contributed by atoms with E-state index < -0.39 is 12.1 Å². The smallest absolute Gasteiger partial charge is 0.407 e. The van der Waals surface area contributed by atoms with E-state index in [0.29, 0.717) is 19.4 Å². The number of amides is 2. The molecular weight excluding hydrogens is 432 g/mol. The monoisotopic (exact) mass is 462 g/mol. The van der Waals surface area contributed by atoms with E-state index in [9.17, 15) is 14.4 Å². The Morgan fingerprint density at radius 2 is 1.56 bits per heavy atom. The minimum Gasteiger partial charge on any atom is -0.481 e. The maximum Gasteiger partial charge on any atom is 0.407 e. The second-order valence-electron chi connectivity index (χ2n) is 9.65. The lowest BCUT2D eigenvalue weighted by Crippen LogP contribution is -2.49. The number of rotatable bonds is 7. The topological polar surface area (TPSA) is 105 Å². The van der Waals surface area contributed by atoms with Crippen LogP contribution < -0.4 is 10.6 Å². The molecule has 5 rings (SSSR count). The lowest BCUT2D eigenvalue weighted by molar-refractivity contribution is -0.139. The predicted molar refractivity (Wildman–Crippen MR) is 126 cm³/mol. The zero-order valence-electron chi connectivity index (χ0n) is 19.0. The summed E-state index contributed by atoms with van der Waals surface area (Å²) in [6.45, 7) is 0.617. The quantitative estimate of drug-likeness (QED) is 0.579. The minimum absolute atomic E-state index is 0.00988. The number of ether oxygens (including phenoxy) is 1. The number of carbonyl (C=O) groups excluding carboxylic acids is 2. The highest BCUT2D eigenvalue weighted by molar-refractivity contribution is 5.81. The lowest BCUT2D eigenvalue weighted by atomic mass is 9.84. The van der Waals surface area contributed by atoms with E-state index in [1.165, 1.54) is 11.1 Å². The molecule has 4 atom stereocenters. The van der Waals surface area contributed by atoms with Crippen LogP contribution in [0.1, 0.15) is 49.1 Å². The average Bonchev–Trinajstić information content (AvgIpc) is 3.57. The van der Waals surface area contributed by atoms with Crippen molar-refractivity contribution in [3.8, 4) is 11.1 Å². The summed E-state index contributed by atoms with van der Waals surface area (Å²) in [5.41, 5.74) is 4.67. The van der Waals surface area contributed by atoms with Crippen molar-refractivity contribution in [2.45, 2.75) is 44.1 Å². The zero-order chi connectivity index (χ0) is 23.7. The molecule has 0 aliphatic heterocycles. The van der Waals surface area contributed by atoms with Crippen LogP contribution >= 0.6 is 0 Å². The third-order valence-electron chi connectivity index (χ3n) is 7.53. The van der Waals surface area contributed by atoms with Crippen LogP contribution in [0.15, 0.2) is 48.5 Å². The van der Waals surface area contributed by atoms with Crippen molar-refractivity contribution < 1.29 is 24.2 Å². The van der Waals surface area contributed by atoms with Gasteiger partial charge in [-0.2, -0.15) is 0 Å². The summed E-state index contributed by atoms with van der Waals surface area (Å²) in [5, 5.41) is 14.9. The number of nitrogens with one attached hydrogen (secondary N) is 2. The molecule has 2 aromatic carbocycles. The van der Waals surface area contributed by atoms with Crippen molar-refractivity contribution in [2.24, 2.45) is 17.8 Å². The molecule has 2 unspecified atom stereocenters. The van der Waals surface area contributed by atoms with Gasteiger partial charge in [-0.3, -0.25) is 9.59 Å². The maximum absolute atomic E-state index is 12.8. The molecule has 2 fully saturated rings. The highest BCUT2D eigenvalue weighted by atomic mass is 16.5. The van der Waals surface area contributed by atoms with E-state index in [2.05, 4.69) is 34.9 Å². The van der Waals surface area contributed by atoms with Gasteiger partial charge in [0.2, 0.25) is 5.91 Å². The fraction of sp³-hybridized carbons (Fsp3) is 0.444. The Labute approximate surface area is 198 Å². The van der Waals surface area contributed by atoms with E-state index in [-0.39, 0.29) is 42.2 Å². The minimum atomic E-state index is -0.799. The van der Waals surface area contributed by atoms with Crippen LogP contribution in [0.25, 0.3) is 11.1 Å². The highest BCUT2D eigenvalue weighted by Gasteiger charge is 2.43. The molecule has 0 saturated heterocycles. The Balaban J connectivity index is 1.17. The van der Waals surface area contributed by atoms with Gasteiger partial charge < -0.3 is 20.5 Å². The van der Waals surface area contributed by atoms with Crippen molar-refractivity contribution >= 4 is 18.0 Å². The van der Waals surface area contributed by atoms with Gasteiger partial charge in [0.15, 0.2) is 0 Å². The first-order valence-corrected chi connectivity index (χ1v) is 12.1. The van der Waals surface area contributed by atoms with Crippen LogP contribution in [0.5, 0.6) is 0 Å². The van der Waals surface area contributed by atoms with E-state index in [0.717, 1.165) is 30.4 Å². The van der Waals surface area contributed by atoms with Gasteiger partial charge in [-0.15, -0.1) is 0 Å². The van der Waals surface area contributed by atoms with Crippen LogP contribution in [0, 0.1) is 17.8 Å². The maximum atomic E-state index is 12.8. The Bertz CT molecular complexity index is 1050. The molecule has 0 spiro atoms. The molecule has 3 aliphatic carbocycles. The van der Waals surface area contributed by atoms with Gasteiger partial charge >= 0.3 is 12.1 Å². The standard InChI is InChI=1S/C27H30N2O5/c30-25(28-14-16-13-22(16)26(31)32)21-11-5-6-12-24(21)29-27(33)34-15-23-19-9-3-1-7-17(19)18-8-2-4-10-20(18)23/h1-4,7-10,16,21-24H,5-6,11-15H2,(H,28,30)(H,29,33)(H,31,32)/t16-,21?,22-,24?/m1/s1. The molecular formula is C27H30N2O5. The van der Waals surface area contributed by atoms with Crippen LogP contribution in [-0.4, -0.2) is 42.3 Å². The van der Waals surface area contributed by atoms with Gasteiger partial charge in [0.05, 0.1) is 11.8 Å². The summed E-state index contributed by atoms with van der Waals surface area (Å²) in [6, 6.07) is 16.1. The van der Waals surface area contributed by atoms with Gasteiger partial charge in [0, 0.05) is 18.5 Å². The van der Waals surface area contributed by atoms with Crippen LogP contribution in [0.4, 0.5) is 4.79 Å². The SMILES string of the molecule is O=C(NC1CCCCC1C(=O)NC[C@H]1C[C@H]1C(=O)O)OCC1c2ccccc2-c2ccccc21. The number of carbonyl (C=O) groups is 3. The van der Waals surface area contributed by atoms with Crippen LogP contribution in [0.3, 0.4) is 0 Å². The van der Waals surface area contributed by atoms with Crippen LogP contribution in [0.2, 0.25) is 0 Å². The Kier molecular flexibility index (Phi) is 6.26. The second-order valence-corrected chi connectivity index (χ2v) is 9.65. The number of alkyl carbamates (subject to hydrolysis) is 1. The number of fused-ring (bicyclic) bond motifs is 3. The zero-order valence-corrected chi connectivity index (χ0v) is 19.0. The molecule has 2 amide bonds. The van der Waals surface area contributed by atoms with Gasteiger partial charge in [-0.25, -0.2) is 4.79 Å². The number of carboxylic acids is 1. The summed E-state index contributed by atoms with van der Waals surface area (Å²) in [5.74, 6) is -1.58. The lowest BCUT2D eigenvalue weighted by Gasteiger charge is -2.31. The fourth-order valence-electron chi connectivity index (χ4n) is 5.55. The van der Waals surface area contributed by atoms with Crippen molar-refractivity contribution in [2.75, 3.05) is 13.2 Å². The number of aliphatic carboxylic acids is 1. The Morgan fingerprint density at radius 1 is 0.912 bits per heavy atom. The first-order chi connectivity index (χ1) is 16.5. The summed E-state index contributed by atoms with van der Waals surface area (Å²) in [6.07, 6.45) is 3.42. The first kappa shape index (κ1) is 22.4. The normalized spacial score (nSPS) is 25.1. The van der Waals surface area contributed by atoms with E-state index >= 15 is 0 Å². The molecule has 7 heteroatoms. The second kappa shape index (κ2) is 9.49. The summed E-state index contributed by atoms with van der Waals surface area (Å²) < 4.78 is 5.67. The highest BCUT2D eigenvalue weighted by Crippen LogP contribution is 2.44. The molecule has 2 saturated carbocycles. The van der Waals surface area contributed by atoms with Crippen LogP contribution in [-0.2, 0) is 14.3 Å². The van der Waals surface area contributed by atoms with Crippen molar-refractivity contribution in [1.29, 1.82) is 0 Å². The molecule has 7 nitrogen and oxygen atoms in total. The van der Waals surface area contributed by atoms with Crippen molar-refractivity contribution in [3.63, 3.8) is 0 Å². The largest absolute Gasteiger partial charge is 0.481 e. The molecule has 34 heavy (non-hydrogen) atoms. The number of carboxylic acid groups (broad SMARTS) is 1. The van der Waals surface area contributed by atoms with E-state index in [4.69, 9.17) is 9.84 Å². The van der Waals surface area contributed by atoms with Gasteiger partial charge in [0.25, 0.3) is 0 Å². The molecule has 0 radical (unpaired) electrons. The van der Waals surface area contributed by atoms with Crippen molar-refractivity contribution in [1.82, 2.24) is 10.6 Å². The molecule has 3 N–H and O–H groups in total. The molecule has 3 aliphatic rings. The average molecular weight is 463 g/mol. The van der Waals surface area contributed by atoms with E-state index in [1.54, 1.807) is 0 Å². The third kappa shape index (κ3) is 4.52. The summed E-state index contributed by atoms with van der Waals surface area (Å²) >= 11 is 0.